The van der Waals surface area contributed by atoms with Crippen LogP contribution < -0.4 is 10.1 Å². The summed E-state index contributed by atoms with van der Waals surface area (Å²) in [5, 5.41) is 14.0. The van der Waals surface area contributed by atoms with Gasteiger partial charge in [0.25, 0.3) is 0 Å². The van der Waals surface area contributed by atoms with Crippen molar-refractivity contribution < 1.29 is 13.9 Å². The van der Waals surface area contributed by atoms with Gasteiger partial charge in [0.15, 0.2) is 11.6 Å². The number of likely N-dealkylation sites (N-methyl/N-ethyl adjacent to an activating group) is 1. The fraction of sp³-hybridized carbons (Fsp3) is 0.294. The summed E-state index contributed by atoms with van der Waals surface area (Å²) >= 11 is 1.33. The molecule has 0 saturated heterocycles. The number of nitriles is 1. The first-order chi connectivity index (χ1) is 11.6. The van der Waals surface area contributed by atoms with Crippen molar-refractivity contribution in [3.8, 4) is 11.8 Å². The third kappa shape index (κ3) is 5.33. The minimum Gasteiger partial charge on any atom is -0.489 e. The normalized spacial score (nSPS) is 10.4. The molecule has 24 heavy (non-hydrogen) atoms. The van der Waals surface area contributed by atoms with Gasteiger partial charge < -0.3 is 15.0 Å². The summed E-state index contributed by atoms with van der Waals surface area (Å²) in [5.74, 6) is -0.301. The highest BCUT2D eigenvalue weighted by atomic mass is 32.1. The fourth-order valence-corrected chi connectivity index (χ4v) is 2.71. The number of halogens is 1. The molecule has 0 spiro atoms. The smallest absolute Gasteiger partial charge is 0.226 e. The molecule has 1 N–H and O–H groups in total. The third-order valence-corrected chi connectivity index (χ3v) is 4.16. The second-order valence-electron chi connectivity index (χ2n) is 5.16. The maximum atomic E-state index is 13.4. The SMILES string of the molecule is CN(CCOc1ccccc1F)CCC(=O)Nc1sccc1C#N. The van der Waals surface area contributed by atoms with Gasteiger partial charge in [-0.3, -0.25) is 4.79 Å². The van der Waals surface area contributed by atoms with E-state index in [1.807, 2.05) is 18.0 Å². The molecule has 2 aromatic rings. The maximum Gasteiger partial charge on any atom is 0.226 e. The zero-order valence-electron chi connectivity index (χ0n) is 13.3. The number of para-hydroxylation sites is 1. The molecular formula is C17H18FN3O2S. The number of hydrogen-bond donors (Lipinski definition) is 1. The van der Waals surface area contributed by atoms with Crippen molar-refractivity contribution in [3.63, 3.8) is 0 Å². The number of rotatable bonds is 8. The van der Waals surface area contributed by atoms with Crippen molar-refractivity contribution in [2.75, 3.05) is 32.1 Å². The molecule has 1 amide bonds. The van der Waals surface area contributed by atoms with Crippen LogP contribution in [0.3, 0.4) is 0 Å². The monoisotopic (exact) mass is 347 g/mol. The molecule has 126 valence electrons. The van der Waals surface area contributed by atoms with Crippen molar-refractivity contribution in [3.05, 3.63) is 47.1 Å². The number of benzene rings is 1. The van der Waals surface area contributed by atoms with Gasteiger partial charge in [0, 0.05) is 19.5 Å². The average Bonchev–Trinajstić information content (AvgIpc) is 3.02. The van der Waals surface area contributed by atoms with Gasteiger partial charge in [0.05, 0.1) is 5.56 Å². The van der Waals surface area contributed by atoms with E-state index in [1.54, 1.807) is 29.6 Å². The quantitative estimate of drug-likeness (QED) is 0.797. The topological polar surface area (TPSA) is 65.4 Å². The van der Waals surface area contributed by atoms with Gasteiger partial charge in [-0.05, 0) is 30.6 Å². The van der Waals surface area contributed by atoms with Crippen LogP contribution in [0.4, 0.5) is 9.39 Å². The molecule has 0 atom stereocenters. The van der Waals surface area contributed by atoms with E-state index in [9.17, 15) is 9.18 Å². The van der Waals surface area contributed by atoms with Gasteiger partial charge in [0.2, 0.25) is 5.91 Å². The largest absolute Gasteiger partial charge is 0.489 e. The summed E-state index contributed by atoms with van der Waals surface area (Å²) in [5.41, 5.74) is 0.472. The molecule has 1 aromatic carbocycles. The summed E-state index contributed by atoms with van der Waals surface area (Å²) in [4.78, 5) is 13.8. The highest BCUT2D eigenvalue weighted by Gasteiger charge is 2.09. The number of thiophene rings is 1. The van der Waals surface area contributed by atoms with Crippen LogP contribution in [-0.2, 0) is 4.79 Å². The highest BCUT2D eigenvalue weighted by molar-refractivity contribution is 7.14. The van der Waals surface area contributed by atoms with Crippen LogP contribution in [0.25, 0.3) is 0 Å². The number of carbonyl (C=O) groups is 1. The Morgan fingerprint density at radius 2 is 2.17 bits per heavy atom. The van der Waals surface area contributed by atoms with Gasteiger partial charge in [-0.2, -0.15) is 5.26 Å². The molecule has 0 aliphatic carbocycles. The predicted octanol–water partition coefficient (Wildman–Crippen LogP) is 3.10. The van der Waals surface area contributed by atoms with Crippen LogP contribution in [0.2, 0.25) is 0 Å². The Balaban J connectivity index is 1.67. The lowest BCUT2D eigenvalue weighted by molar-refractivity contribution is -0.116. The minimum absolute atomic E-state index is 0.143. The van der Waals surface area contributed by atoms with Gasteiger partial charge in [-0.15, -0.1) is 11.3 Å². The Labute approximate surface area is 144 Å². The lowest BCUT2D eigenvalue weighted by Gasteiger charge is -2.16. The number of hydrogen-bond acceptors (Lipinski definition) is 5. The number of anilines is 1. The molecule has 0 radical (unpaired) electrons. The number of nitrogens with zero attached hydrogens (tertiary/aromatic N) is 2. The first-order valence-corrected chi connectivity index (χ1v) is 8.31. The molecule has 1 aromatic heterocycles. The third-order valence-electron chi connectivity index (χ3n) is 3.33. The van der Waals surface area contributed by atoms with E-state index in [0.717, 1.165) is 0 Å². The van der Waals surface area contributed by atoms with Crippen LogP contribution in [0.5, 0.6) is 5.75 Å². The summed E-state index contributed by atoms with van der Waals surface area (Å²) in [6.07, 6.45) is 0.305. The molecule has 5 nitrogen and oxygen atoms in total. The Bertz CT molecular complexity index is 727. The van der Waals surface area contributed by atoms with E-state index < -0.39 is 0 Å². The molecule has 7 heteroatoms. The molecule has 1 heterocycles. The van der Waals surface area contributed by atoms with Crippen molar-refractivity contribution in [1.82, 2.24) is 4.90 Å². The molecule has 0 fully saturated rings. The van der Waals surface area contributed by atoms with Gasteiger partial charge in [-0.1, -0.05) is 12.1 Å². The van der Waals surface area contributed by atoms with Gasteiger partial charge in [0.1, 0.15) is 17.7 Å². The summed E-state index contributed by atoms with van der Waals surface area (Å²) in [6, 6.07) is 9.96. The second-order valence-corrected chi connectivity index (χ2v) is 6.07. The number of nitrogens with one attached hydrogen (secondary N) is 1. The lowest BCUT2D eigenvalue weighted by atomic mass is 10.3. The van der Waals surface area contributed by atoms with E-state index in [-0.39, 0.29) is 17.5 Å². The Hall–Kier alpha value is -2.43. The molecule has 2 rings (SSSR count). The lowest BCUT2D eigenvalue weighted by Crippen LogP contribution is -2.28. The minimum atomic E-state index is -0.385. The Morgan fingerprint density at radius 3 is 2.92 bits per heavy atom. The van der Waals surface area contributed by atoms with Crippen molar-refractivity contribution in [2.24, 2.45) is 0 Å². The maximum absolute atomic E-state index is 13.4. The first kappa shape index (κ1) is 17.9. The van der Waals surface area contributed by atoms with E-state index in [2.05, 4.69) is 5.32 Å². The average molecular weight is 347 g/mol. The first-order valence-electron chi connectivity index (χ1n) is 7.43. The molecule has 0 unspecified atom stereocenters. The number of amides is 1. The Kier molecular flexibility index (Phi) is 6.73. The van der Waals surface area contributed by atoms with E-state index in [0.29, 0.717) is 36.7 Å². The zero-order chi connectivity index (χ0) is 17.4. The van der Waals surface area contributed by atoms with Crippen LogP contribution in [0.15, 0.2) is 35.7 Å². The molecule has 0 aliphatic heterocycles. The van der Waals surface area contributed by atoms with Gasteiger partial charge in [-0.25, -0.2) is 4.39 Å². The fourth-order valence-electron chi connectivity index (χ4n) is 1.96. The van der Waals surface area contributed by atoms with E-state index in [1.165, 1.54) is 17.4 Å². The molecule has 0 aliphatic rings. The standard InChI is InChI=1S/C17H18FN3O2S/c1-21(9-10-23-15-5-3-2-4-14(15)18)8-6-16(22)20-17-13(12-19)7-11-24-17/h2-5,7,11H,6,8-10H2,1H3,(H,20,22). The van der Waals surface area contributed by atoms with Crippen molar-refractivity contribution >= 4 is 22.2 Å². The van der Waals surface area contributed by atoms with Crippen molar-refractivity contribution in [1.29, 1.82) is 5.26 Å². The molecule has 0 saturated carbocycles. The van der Waals surface area contributed by atoms with Crippen LogP contribution >= 0.6 is 11.3 Å². The summed E-state index contributed by atoms with van der Waals surface area (Å²) < 4.78 is 18.8. The molecular weight excluding hydrogens is 329 g/mol. The van der Waals surface area contributed by atoms with E-state index >= 15 is 0 Å². The Morgan fingerprint density at radius 1 is 1.38 bits per heavy atom. The number of ether oxygens (including phenoxy) is 1. The summed E-state index contributed by atoms with van der Waals surface area (Å²) in [6.45, 7) is 1.45. The zero-order valence-corrected chi connectivity index (χ0v) is 14.1. The van der Waals surface area contributed by atoms with Crippen LogP contribution in [-0.4, -0.2) is 37.6 Å². The van der Waals surface area contributed by atoms with Crippen LogP contribution in [0.1, 0.15) is 12.0 Å². The highest BCUT2D eigenvalue weighted by Crippen LogP contribution is 2.22. The second kappa shape index (κ2) is 9.01. The van der Waals surface area contributed by atoms with Gasteiger partial charge >= 0.3 is 0 Å². The van der Waals surface area contributed by atoms with E-state index in [4.69, 9.17) is 10.00 Å². The van der Waals surface area contributed by atoms with Crippen LogP contribution in [0, 0.1) is 17.1 Å². The molecule has 0 bridgehead atoms. The predicted molar refractivity (Wildman–Crippen MR) is 91.7 cm³/mol. The van der Waals surface area contributed by atoms with Crippen molar-refractivity contribution in [2.45, 2.75) is 6.42 Å². The number of carbonyl (C=O) groups excluding carboxylic acids is 1. The summed E-state index contributed by atoms with van der Waals surface area (Å²) in [7, 11) is 1.86.